The zero-order valence-corrected chi connectivity index (χ0v) is 25.9. The lowest BCUT2D eigenvalue weighted by molar-refractivity contribution is -0.138. The summed E-state index contributed by atoms with van der Waals surface area (Å²) in [5.41, 5.74) is 7.83. The summed E-state index contributed by atoms with van der Waals surface area (Å²) in [6, 6.07) is 11.6. The lowest BCUT2D eigenvalue weighted by Crippen LogP contribution is -2.20. The van der Waals surface area contributed by atoms with Gasteiger partial charge in [0.1, 0.15) is 11.6 Å². The molecule has 1 heterocycles. The van der Waals surface area contributed by atoms with Gasteiger partial charge in [-0.1, -0.05) is 24.0 Å². The monoisotopic (exact) mass is 651 g/mol. The molecular formula is C32H34FN5O7S. The molecular weight excluding hydrogens is 617 g/mol. The number of pyridine rings is 1. The predicted octanol–water partition coefficient (Wildman–Crippen LogP) is 5.27. The van der Waals surface area contributed by atoms with Crippen LogP contribution < -0.4 is 16.4 Å². The average Bonchev–Trinajstić information content (AvgIpc) is 2.99. The van der Waals surface area contributed by atoms with E-state index in [2.05, 4.69) is 31.8 Å². The van der Waals surface area contributed by atoms with Crippen molar-refractivity contribution in [1.82, 2.24) is 4.98 Å². The molecule has 0 aliphatic heterocycles. The molecule has 0 fully saturated rings. The Bertz CT molecular complexity index is 1780. The number of halogens is 1. The molecule has 3 rings (SSSR count). The zero-order valence-electron chi connectivity index (χ0n) is 25.0. The summed E-state index contributed by atoms with van der Waals surface area (Å²) >= 11 is 0. The molecule has 6 N–H and O–H groups in total. The van der Waals surface area contributed by atoms with E-state index in [-0.39, 0.29) is 72.7 Å². The van der Waals surface area contributed by atoms with E-state index in [0.29, 0.717) is 11.3 Å². The highest BCUT2D eigenvalue weighted by Crippen LogP contribution is 2.18. The zero-order chi connectivity index (χ0) is 33.7. The van der Waals surface area contributed by atoms with Crippen LogP contribution in [-0.2, 0) is 19.3 Å². The Morgan fingerprint density at radius 3 is 2.26 bits per heavy atom. The number of aliphatic carboxylic acids is 2. The summed E-state index contributed by atoms with van der Waals surface area (Å²) < 4.78 is 31.5. The molecule has 0 aliphatic rings. The molecule has 0 saturated carbocycles. The number of nitrogen functional groups attached to an aromatic ring is 1. The quantitative estimate of drug-likeness (QED) is 0.120. The Labute approximate surface area is 265 Å². The minimum Gasteiger partial charge on any atom is -0.481 e. The van der Waals surface area contributed by atoms with E-state index in [1.54, 1.807) is 37.3 Å². The van der Waals surface area contributed by atoms with Crippen LogP contribution in [0, 0.1) is 24.6 Å². The van der Waals surface area contributed by atoms with E-state index in [1.165, 1.54) is 24.4 Å². The molecule has 0 aliphatic carbocycles. The Morgan fingerprint density at radius 2 is 1.61 bits per heavy atom. The van der Waals surface area contributed by atoms with Crippen LogP contribution in [0.1, 0.15) is 65.6 Å². The molecule has 0 radical (unpaired) electrons. The molecule has 0 saturated heterocycles. The van der Waals surface area contributed by atoms with E-state index in [4.69, 9.17) is 15.9 Å². The summed E-state index contributed by atoms with van der Waals surface area (Å²) in [4.78, 5) is 51.2. The first-order valence-corrected chi connectivity index (χ1v) is 16.1. The van der Waals surface area contributed by atoms with Crippen molar-refractivity contribution in [1.29, 1.82) is 0 Å². The summed E-state index contributed by atoms with van der Waals surface area (Å²) in [6.07, 6.45) is 1.97. The van der Waals surface area contributed by atoms with Gasteiger partial charge < -0.3 is 26.6 Å². The van der Waals surface area contributed by atoms with Crippen LogP contribution in [0.5, 0.6) is 0 Å². The maximum Gasteiger partial charge on any atom is 0.323 e. The van der Waals surface area contributed by atoms with E-state index in [0.717, 1.165) is 5.56 Å². The minimum atomic E-state index is -3.12. The van der Waals surface area contributed by atoms with Gasteiger partial charge in [-0.05, 0) is 74.6 Å². The Hall–Kier alpha value is -5.29. The van der Waals surface area contributed by atoms with Gasteiger partial charge in [0, 0.05) is 41.8 Å². The molecule has 0 atom stereocenters. The number of amides is 3. The SMILES string of the molecule is Cc1ccc(F)c(NC(=O)Nc2cccc(C#Cc3cc(C(=O)N=S(=O)(CCCCC(=O)O)CCCCC(=O)O)cnc3N)c2)c1. The number of nitrogens with one attached hydrogen (secondary N) is 2. The van der Waals surface area contributed by atoms with Crippen molar-refractivity contribution in [3.8, 4) is 11.8 Å². The second-order valence-electron chi connectivity index (χ2n) is 10.3. The Balaban J connectivity index is 1.77. The van der Waals surface area contributed by atoms with Crippen LogP contribution >= 0.6 is 0 Å². The summed E-state index contributed by atoms with van der Waals surface area (Å²) in [5.74, 6) is 2.33. The standard InChI is InChI=1S/C32H34FN5O7S/c1-21-11-14-26(33)27(17-21)37-32(44)36-25-8-6-7-22(18-25)12-13-23-19-24(20-35-30(23)34)31(43)38-46(45,15-4-2-9-28(39)40)16-5-3-10-29(41)42/h6-8,11,14,17-20H,2-5,9-10,15-16H2,1H3,(H2,34,35)(H,39,40)(H,41,42)(H2,36,37,44). The number of carbonyl (C=O) groups excluding carboxylic acids is 2. The molecule has 0 spiro atoms. The molecule has 14 heteroatoms. The Morgan fingerprint density at radius 1 is 0.935 bits per heavy atom. The topological polar surface area (TPSA) is 201 Å². The van der Waals surface area contributed by atoms with Crippen molar-refractivity contribution in [2.75, 3.05) is 27.9 Å². The van der Waals surface area contributed by atoms with Gasteiger partial charge in [0.15, 0.2) is 0 Å². The van der Waals surface area contributed by atoms with Crippen molar-refractivity contribution in [2.45, 2.75) is 45.4 Å². The number of benzene rings is 2. The molecule has 242 valence electrons. The second-order valence-corrected chi connectivity index (χ2v) is 12.9. The van der Waals surface area contributed by atoms with Crippen LogP contribution in [-0.4, -0.2) is 54.8 Å². The first-order chi connectivity index (χ1) is 21.8. The molecule has 3 amide bonds. The number of nitrogens with two attached hydrogens (primary N) is 1. The molecule has 3 aromatic rings. The van der Waals surface area contributed by atoms with Crippen LogP contribution in [0.4, 0.5) is 26.4 Å². The van der Waals surface area contributed by atoms with Gasteiger partial charge in [-0.2, -0.15) is 4.36 Å². The van der Waals surface area contributed by atoms with Crippen molar-refractivity contribution >= 4 is 50.8 Å². The maximum atomic E-state index is 14.0. The highest BCUT2D eigenvalue weighted by molar-refractivity contribution is 7.93. The summed E-state index contributed by atoms with van der Waals surface area (Å²) in [7, 11) is -3.12. The first kappa shape index (κ1) is 35.2. The fourth-order valence-corrected chi connectivity index (χ4v) is 6.24. The highest BCUT2D eigenvalue weighted by atomic mass is 32.2. The smallest absolute Gasteiger partial charge is 0.323 e. The van der Waals surface area contributed by atoms with E-state index < -0.39 is 39.4 Å². The van der Waals surface area contributed by atoms with Crippen LogP contribution in [0.3, 0.4) is 0 Å². The number of aromatic nitrogens is 1. The average molecular weight is 652 g/mol. The number of carboxylic acid groups (broad SMARTS) is 2. The predicted molar refractivity (Wildman–Crippen MR) is 172 cm³/mol. The van der Waals surface area contributed by atoms with Crippen molar-refractivity contribution < 1.29 is 38.0 Å². The Kier molecular flexibility index (Phi) is 12.8. The molecule has 46 heavy (non-hydrogen) atoms. The van der Waals surface area contributed by atoms with Gasteiger partial charge in [0.2, 0.25) is 0 Å². The van der Waals surface area contributed by atoms with Crippen LogP contribution in [0.15, 0.2) is 59.1 Å². The minimum absolute atomic E-state index is 0.0160. The maximum absolute atomic E-state index is 14.0. The normalized spacial score (nSPS) is 10.7. The number of urea groups is 1. The number of aryl methyl sites for hydroxylation is 1. The third-order valence-electron chi connectivity index (χ3n) is 6.45. The van der Waals surface area contributed by atoms with Crippen molar-refractivity contribution in [3.63, 3.8) is 0 Å². The lowest BCUT2D eigenvalue weighted by Gasteiger charge is -2.10. The number of hydrogen-bond acceptors (Lipinski definition) is 7. The number of carboxylic acids is 2. The largest absolute Gasteiger partial charge is 0.481 e. The molecule has 2 aromatic carbocycles. The summed E-state index contributed by atoms with van der Waals surface area (Å²) in [5, 5.41) is 22.8. The third kappa shape index (κ3) is 11.7. The number of anilines is 3. The van der Waals surface area contributed by atoms with Crippen molar-refractivity contribution in [3.05, 3.63) is 82.8 Å². The second kappa shape index (κ2) is 16.7. The first-order valence-electron chi connectivity index (χ1n) is 14.3. The van der Waals surface area contributed by atoms with Crippen LogP contribution in [0.2, 0.25) is 0 Å². The molecule has 1 aromatic heterocycles. The van der Waals surface area contributed by atoms with Gasteiger partial charge in [-0.15, -0.1) is 0 Å². The number of rotatable bonds is 13. The lowest BCUT2D eigenvalue weighted by atomic mass is 10.1. The summed E-state index contributed by atoms with van der Waals surface area (Å²) in [6.45, 7) is 1.77. The fourth-order valence-electron chi connectivity index (χ4n) is 4.13. The molecule has 0 bridgehead atoms. The van der Waals surface area contributed by atoms with Gasteiger partial charge >= 0.3 is 18.0 Å². The van der Waals surface area contributed by atoms with E-state index in [1.807, 2.05) is 0 Å². The van der Waals surface area contributed by atoms with Gasteiger partial charge in [-0.3, -0.25) is 14.4 Å². The van der Waals surface area contributed by atoms with Crippen LogP contribution in [0.25, 0.3) is 0 Å². The van der Waals surface area contributed by atoms with Crippen molar-refractivity contribution in [2.24, 2.45) is 4.36 Å². The third-order valence-corrected chi connectivity index (χ3v) is 8.81. The van der Waals surface area contributed by atoms with Gasteiger partial charge in [0.25, 0.3) is 5.91 Å². The van der Waals surface area contributed by atoms with E-state index in [9.17, 15) is 27.8 Å². The molecule has 0 unspecified atom stereocenters. The fraction of sp³-hybridized carbons (Fsp3) is 0.281. The van der Waals surface area contributed by atoms with Gasteiger partial charge in [-0.25, -0.2) is 18.4 Å². The van der Waals surface area contributed by atoms with E-state index >= 15 is 0 Å². The highest BCUT2D eigenvalue weighted by Gasteiger charge is 2.16. The number of carbonyl (C=O) groups is 4. The molecule has 12 nitrogen and oxygen atoms in total. The van der Waals surface area contributed by atoms with Gasteiger partial charge in [0.05, 0.1) is 26.5 Å². The number of nitrogens with zero attached hydrogens (tertiary/aromatic N) is 2. The number of unbranched alkanes of at least 4 members (excludes halogenated alkanes) is 2. The number of hydrogen-bond donors (Lipinski definition) is 5.